The van der Waals surface area contributed by atoms with Crippen LogP contribution in [0.4, 0.5) is 5.82 Å². The van der Waals surface area contributed by atoms with Gasteiger partial charge in [-0.15, -0.1) is 0 Å². The molecule has 1 aliphatic heterocycles. The maximum absolute atomic E-state index is 9.90. The van der Waals surface area contributed by atoms with Crippen molar-refractivity contribution < 1.29 is 4.74 Å². The number of nitrogens with zero attached hydrogens (tertiary/aromatic N) is 3. The molecule has 0 saturated carbocycles. The van der Waals surface area contributed by atoms with E-state index in [2.05, 4.69) is 11.0 Å². The van der Waals surface area contributed by atoms with Gasteiger partial charge in [0.25, 0.3) is 0 Å². The van der Waals surface area contributed by atoms with Crippen LogP contribution in [0.3, 0.4) is 0 Å². The van der Waals surface area contributed by atoms with Gasteiger partial charge in [0, 0.05) is 24.2 Å². The molecule has 4 heteroatoms. The molecule has 2 aromatic carbocycles. The molecule has 3 aromatic rings. The first-order valence-corrected chi connectivity index (χ1v) is 8.75. The second-order valence-electron chi connectivity index (χ2n) is 6.20. The molecule has 0 amide bonds. The van der Waals surface area contributed by atoms with Crippen molar-refractivity contribution >= 4 is 5.82 Å². The molecule has 1 aromatic heterocycles. The number of hydrogen-bond donors (Lipinski definition) is 0. The maximum Gasteiger partial charge on any atom is 0.148 e. The molecular weight excluding hydrogens is 322 g/mol. The highest BCUT2D eigenvalue weighted by Gasteiger charge is 2.21. The number of pyridine rings is 1. The predicted octanol–water partition coefficient (Wildman–Crippen LogP) is 4.12. The van der Waals surface area contributed by atoms with Crippen LogP contribution >= 0.6 is 0 Å². The molecule has 26 heavy (non-hydrogen) atoms. The Morgan fingerprint density at radius 3 is 2.12 bits per heavy atom. The van der Waals surface area contributed by atoms with Crippen LogP contribution in [0.1, 0.15) is 5.56 Å². The molecule has 1 fully saturated rings. The van der Waals surface area contributed by atoms with E-state index in [0.29, 0.717) is 18.8 Å². The molecule has 2 heterocycles. The Kier molecular flexibility index (Phi) is 4.63. The Hall–Kier alpha value is -3.16. The Bertz CT molecular complexity index is 927. The Labute approximate surface area is 153 Å². The zero-order chi connectivity index (χ0) is 17.8. The summed E-state index contributed by atoms with van der Waals surface area (Å²) < 4.78 is 5.47. The van der Waals surface area contributed by atoms with Gasteiger partial charge in [-0.05, 0) is 11.6 Å². The first-order valence-electron chi connectivity index (χ1n) is 8.75. The highest BCUT2D eigenvalue weighted by molar-refractivity contribution is 5.81. The summed E-state index contributed by atoms with van der Waals surface area (Å²) in [6.45, 7) is 2.80. The second-order valence-corrected chi connectivity index (χ2v) is 6.20. The minimum atomic E-state index is 0.623. The number of benzene rings is 2. The highest BCUT2D eigenvalue weighted by Crippen LogP contribution is 2.34. The standard InChI is InChI=1S/C22H19N3O/c23-16-20-19(17-7-3-1-4-8-17)15-21(18-9-5-2-6-10-18)24-22(20)25-11-13-26-14-12-25/h1-10,15H,11-14H2. The molecule has 0 N–H and O–H groups in total. The predicted molar refractivity (Wildman–Crippen MR) is 103 cm³/mol. The summed E-state index contributed by atoms with van der Waals surface area (Å²) in [6, 6.07) is 24.6. The summed E-state index contributed by atoms with van der Waals surface area (Å²) in [6.07, 6.45) is 0. The van der Waals surface area contributed by atoms with E-state index in [1.54, 1.807) is 0 Å². The minimum absolute atomic E-state index is 0.623. The van der Waals surface area contributed by atoms with Gasteiger partial charge in [0.05, 0.1) is 18.9 Å². The topological polar surface area (TPSA) is 49.2 Å². The van der Waals surface area contributed by atoms with Crippen molar-refractivity contribution in [2.45, 2.75) is 0 Å². The van der Waals surface area contributed by atoms with Gasteiger partial charge in [-0.25, -0.2) is 4.98 Å². The van der Waals surface area contributed by atoms with Crippen LogP contribution < -0.4 is 4.90 Å². The molecule has 0 unspecified atom stereocenters. The Morgan fingerprint density at radius 1 is 0.885 bits per heavy atom. The summed E-state index contributed by atoms with van der Waals surface area (Å²) in [4.78, 5) is 7.03. The van der Waals surface area contributed by atoms with Crippen molar-refractivity contribution in [2.75, 3.05) is 31.2 Å². The fourth-order valence-corrected chi connectivity index (χ4v) is 3.25. The second kappa shape index (κ2) is 7.38. The lowest BCUT2D eigenvalue weighted by atomic mass is 9.98. The summed E-state index contributed by atoms with van der Waals surface area (Å²) in [5.74, 6) is 0.746. The highest BCUT2D eigenvalue weighted by atomic mass is 16.5. The number of anilines is 1. The summed E-state index contributed by atoms with van der Waals surface area (Å²) in [5.41, 5.74) is 4.49. The molecule has 0 radical (unpaired) electrons. The quantitative estimate of drug-likeness (QED) is 0.719. The molecule has 0 spiro atoms. The van der Waals surface area contributed by atoms with Gasteiger partial charge in [0.15, 0.2) is 0 Å². The van der Waals surface area contributed by atoms with E-state index >= 15 is 0 Å². The van der Waals surface area contributed by atoms with Gasteiger partial charge >= 0.3 is 0 Å². The lowest BCUT2D eigenvalue weighted by Gasteiger charge is -2.29. The van der Waals surface area contributed by atoms with Gasteiger partial charge in [-0.1, -0.05) is 60.7 Å². The van der Waals surface area contributed by atoms with Crippen LogP contribution in [0.15, 0.2) is 66.7 Å². The molecule has 4 rings (SSSR count). The number of hydrogen-bond acceptors (Lipinski definition) is 4. The van der Waals surface area contributed by atoms with E-state index in [1.807, 2.05) is 66.7 Å². The first kappa shape index (κ1) is 16.3. The van der Waals surface area contributed by atoms with Gasteiger partial charge in [-0.2, -0.15) is 5.26 Å². The zero-order valence-electron chi connectivity index (χ0n) is 14.4. The summed E-state index contributed by atoms with van der Waals surface area (Å²) in [5, 5.41) is 9.90. The molecule has 0 aliphatic carbocycles. The third-order valence-corrected chi connectivity index (χ3v) is 4.58. The van der Waals surface area contributed by atoms with Crippen molar-refractivity contribution in [3.8, 4) is 28.5 Å². The smallest absolute Gasteiger partial charge is 0.148 e. The Balaban J connectivity index is 1.93. The number of rotatable bonds is 3. The van der Waals surface area contributed by atoms with Crippen LogP contribution in [0.2, 0.25) is 0 Å². The molecule has 4 nitrogen and oxygen atoms in total. The number of ether oxygens (including phenoxy) is 1. The molecule has 0 atom stereocenters. The molecule has 1 aliphatic rings. The molecular formula is C22H19N3O. The molecule has 1 saturated heterocycles. The van der Waals surface area contributed by atoms with E-state index in [0.717, 1.165) is 41.3 Å². The van der Waals surface area contributed by atoms with Crippen molar-refractivity contribution in [2.24, 2.45) is 0 Å². The van der Waals surface area contributed by atoms with E-state index in [1.165, 1.54) is 0 Å². The minimum Gasteiger partial charge on any atom is -0.378 e. The van der Waals surface area contributed by atoms with E-state index in [-0.39, 0.29) is 0 Å². The maximum atomic E-state index is 9.90. The summed E-state index contributed by atoms with van der Waals surface area (Å²) in [7, 11) is 0. The number of morpholine rings is 1. The van der Waals surface area contributed by atoms with Crippen molar-refractivity contribution in [1.82, 2.24) is 4.98 Å². The molecule has 0 bridgehead atoms. The lowest BCUT2D eigenvalue weighted by Crippen LogP contribution is -2.37. The monoisotopic (exact) mass is 341 g/mol. The van der Waals surface area contributed by atoms with Crippen LogP contribution in [0, 0.1) is 11.3 Å². The third kappa shape index (κ3) is 3.17. The average Bonchev–Trinajstić information content (AvgIpc) is 2.74. The summed E-state index contributed by atoms with van der Waals surface area (Å²) >= 11 is 0. The van der Waals surface area contributed by atoms with Gasteiger partial charge in [0.2, 0.25) is 0 Å². The van der Waals surface area contributed by atoms with Crippen LogP contribution in [0.25, 0.3) is 22.4 Å². The van der Waals surface area contributed by atoms with Crippen LogP contribution in [-0.4, -0.2) is 31.3 Å². The van der Waals surface area contributed by atoms with E-state index < -0.39 is 0 Å². The SMILES string of the molecule is N#Cc1c(-c2ccccc2)cc(-c2ccccc2)nc1N1CCOCC1. The fraction of sp³-hybridized carbons (Fsp3) is 0.182. The van der Waals surface area contributed by atoms with Crippen LogP contribution in [-0.2, 0) is 4.74 Å². The fourth-order valence-electron chi connectivity index (χ4n) is 3.25. The number of aromatic nitrogens is 1. The Morgan fingerprint density at radius 2 is 1.50 bits per heavy atom. The normalized spacial score (nSPS) is 14.0. The van der Waals surface area contributed by atoms with E-state index in [4.69, 9.17) is 9.72 Å². The van der Waals surface area contributed by atoms with E-state index in [9.17, 15) is 5.26 Å². The zero-order valence-corrected chi connectivity index (χ0v) is 14.4. The molecule has 128 valence electrons. The first-order chi connectivity index (χ1) is 12.9. The largest absolute Gasteiger partial charge is 0.378 e. The van der Waals surface area contributed by atoms with Crippen LogP contribution in [0.5, 0.6) is 0 Å². The lowest BCUT2D eigenvalue weighted by molar-refractivity contribution is 0.122. The van der Waals surface area contributed by atoms with Gasteiger partial charge in [0.1, 0.15) is 17.5 Å². The van der Waals surface area contributed by atoms with Gasteiger partial charge in [-0.3, -0.25) is 0 Å². The van der Waals surface area contributed by atoms with Crippen molar-refractivity contribution in [3.05, 3.63) is 72.3 Å². The third-order valence-electron chi connectivity index (χ3n) is 4.58. The van der Waals surface area contributed by atoms with Crippen molar-refractivity contribution in [3.63, 3.8) is 0 Å². The number of nitriles is 1. The van der Waals surface area contributed by atoms with Crippen molar-refractivity contribution in [1.29, 1.82) is 5.26 Å². The average molecular weight is 341 g/mol. The van der Waals surface area contributed by atoms with Gasteiger partial charge < -0.3 is 9.64 Å².